The number of fused-ring (bicyclic) bond motifs is 1. The Morgan fingerprint density at radius 3 is 2.69 bits per heavy atom. The van der Waals surface area contributed by atoms with Gasteiger partial charge in [-0.05, 0) is 43.9 Å². The number of amides is 1. The van der Waals surface area contributed by atoms with Gasteiger partial charge in [0, 0.05) is 25.2 Å². The number of carbonyl (C=O) groups is 1. The maximum absolute atomic E-state index is 12.1. The van der Waals surface area contributed by atoms with Crippen molar-refractivity contribution in [3.05, 3.63) is 41.5 Å². The summed E-state index contributed by atoms with van der Waals surface area (Å²) in [6.45, 7) is 11.5. The van der Waals surface area contributed by atoms with Crippen molar-refractivity contribution in [2.24, 2.45) is 10.9 Å². The van der Waals surface area contributed by atoms with Crippen molar-refractivity contribution in [2.45, 2.75) is 46.2 Å². The molecular weight excluding hydrogens is 364 g/mol. The molecule has 1 amide bonds. The maximum atomic E-state index is 12.1. The molecule has 1 aromatic rings. The lowest BCUT2D eigenvalue weighted by Gasteiger charge is -2.26. The molecule has 2 atom stereocenters. The van der Waals surface area contributed by atoms with E-state index < -0.39 is 0 Å². The number of aliphatic imine (C=N–C) groups is 1. The number of guanidine groups is 1. The van der Waals surface area contributed by atoms with Crippen molar-refractivity contribution in [2.75, 3.05) is 33.3 Å². The molecule has 2 aliphatic heterocycles. The zero-order valence-electron chi connectivity index (χ0n) is 18.3. The van der Waals surface area contributed by atoms with Crippen LogP contribution in [0.15, 0.2) is 40.9 Å². The molecule has 0 unspecified atom stereocenters. The quantitative estimate of drug-likeness (QED) is 0.684. The van der Waals surface area contributed by atoms with Gasteiger partial charge in [-0.3, -0.25) is 9.79 Å². The number of hydrogen-bond donors (Lipinski definition) is 1. The zero-order chi connectivity index (χ0) is 21.0. The van der Waals surface area contributed by atoms with Gasteiger partial charge in [0.1, 0.15) is 5.75 Å². The Morgan fingerprint density at radius 1 is 1.34 bits per heavy atom. The molecule has 0 aliphatic carbocycles. The van der Waals surface area contributed by atoms with Gasteiger partial charge in [-0.15, -0.1) is 0 Å². The fourth-order valence-corrected chi connectivity index (χ4v) is 4.10. The SMILES string of the molecule is C/C=C(\C)C(=O)NCCN1C2=NC[C@H](C(C)C)N2C[C@@H]1Cc1ccc(OC)cc1. The molecule has 1 aromatic carbocycles. The number of nitrogens with zero attached hydrogens (tertiary/aromatic N) is 3. The van der Waals surface area contributed by atoms with Crippen LogP contribution in [0.2, 0.25) is 0 Å². The summed E-state index contributed by atoms with van der Waals surface area (Å²) in [4.78, 5) is 21.8. The van der Waals surface area contributed by atoms with Crippen LogP contribution >= 0.6 is 0 Å². The lowest BCUT2D eigenvalue weighted by Crippen LogP contribution is -2.42. The van der Waals surface area contributed by atoms with E-state index in [9.17, 15) is 4.79 Å². The van der Waals surface area contributed by atoms with E-state index in [0.717, 1.165) is 43.3 Å². The van der Waals surface area contributed by atoms with Crippen LogP contribution in [-0.4, -0.2) is 67.0 Å². The Labute approximate surface area is 174 Å². The molecule has 0 bridgehead atoms. The van der Waals surface area contributed by atoms with E-state index in [0.29, 0.717) is 24.5 Å². The molecule has 0 aromatic heterocycles. The van der Waals surface area contributed by atoms with Crippen LogP contribution in [0.5, 0.6) is 5.75 Å². The predicted molar refractivity (Wildman–Crippen MR) is 117 cm³/mol. The number of methoxy groups -OCH3 is 1. The molecule has 6 nitrogen and oxygen atoms in total. The van der Waals surface area contributed by atoms with Crippen molar-refractivity contribution < 1.29 is 9.53 Å². The summed E-state index contributed by atoms with van der Waals surface area (Å²) in [6.07, 6.45) is 2.79. The minimum absolute atomic E-state index is 0.00340. The summed E-state index contributed by atoms with van der Waals surface area (Å²) >= 11 is 0. The zero-order valence-corrected chi connectivity index (χ0v) is 18.3. The van der Waals surface area contributed by atoms with Gasteiger partial charge >= 0.3 is 0 Å². The number of ether oxygens (including phenoxy) is 1. The number of benzene rings is 1. The van der Waals surface area contributed by atoms with E-state index in [4.69, 9.17) is 9.73 Å². The number of allylic oxidation sites excluding steroid dienone is 1. The maximum Gasteiger partial charge on any atom is 0.246 e. The topological polar surface area (TPSA) is 57.2 Å². The second-order valence-electron chi connectivity index (χ2n) is 8.23. The summed E-state index contributed by atoms with van der Waals surface area (Å²) in [7, 11) is 1.69. The van der Waals surface area contributed by atoms with Crippen molar-refractivity contribution in [3.63, 3.8) is 0 Å². The molecule has 2 heterocycles. The van der Waals surface area contributed by atoms with E-state index >= 15 is 0 Å². The minimum atomic E-state index is 0.00340. The Balaban J connectivity index is 1.70. The third-order valence-electron chi connectivity index (χ3n) is 6.01. The molecule has 0 radical (unpaired) electrons. The highest BCUT2D eigenvalue weighted by atomic mass is 16.5. The number of nitrogens with one attached hydrogen (secondary N) is 1. The van der Waals surface area contributed by atoms with Gasteiger partial charge in [-0.2, -0.15) is 0 Å². The fraction of sp³-hybridized carbons (Fsp3) is 0.565. The second-order valence-corrected chi connectivity index (χ2v) is 8.23. The van der Waals surface area contributed by atoms with Gasteiger partial charge in [0.15, 0.2) is 5.96 Å². The molecule has 2 aliphatic rings. The van der Waals surface area contributed by atoms with E-state index in [-0.39, 0.29) is 5.91 Å². The normalized spacial score (nSPS) is 21.4. The smallest absolute Gasteiger partial charge is 0.246 e. The molecule has 1 fully saturated rings. The van der Waals surface area contributed by atoms with Crippen LogP contribution in [0.3, 0.4) is 0 Å². The Morgan fingerprint density at radius 2 is 2.07 bits per heavy atom. The molecule has 158 valence electrons. The van der Waals surface area contributed by atoms with Gasteiger partial charge < -0.3 is 19.9 Å². The van der Waals surface area contributed by atoms with Crippen molar-refractivity contribution in [3.8, 4) is 5.75 Å². The molecule has 1 saturated heterocycles. The first-order valence-corrected chi connectivity index (χ1v) is 10.6. The third kappa shape index (κ3) is 4.74. The van der Waals surface area contributed by atoms with E-state index in [2.05, 4.69) is 41.1 Å². The highest BCUT2D eigenvalue weighted by Gasteiger charge is 2.42. The molecule has 3 rings (SSSR count). The van der Waals surface area contributed by atoms with Crippen molar-refractivity contribution >= 4 is 11.9 Å². The largest absolute Gasteiger partial charge is 0.497 e. The first kappa shape index (κ1) is 21.2. The van der Waals surface area contributed by atoms with Crippen molar-refractivity contribution in [1.29, 1.82) is 0 Å². The lowest BCUT2D eigenvalue weighted by molar-refractivity contribution is -0.117. The minimum Gasteiger partial charge on any atom is -0.497 e. The fourth-order valence-electron chi connectivity index (χ4n) is 4.10. The Kier molecular flexibility index (Phi) is 6.83. The summed E-state index contributed by atoms with van der Waals surface area (Å²) in [6, 6.07) is 9.13. The molecular formula is C23H34N4O2. The summed E-state index contributed by atoms with van der Waals surface area (Å²) < 4.78 is 5.28. The first-order chi connectivity index (χ1) is 13.9. The van der Waals surface area contributed by atoms with E-state index in [1.165, 1.54) is 5.56 Å². The van der Waals surface area contributed by atoms with Gasteiger partial charge in [0.05, 0.1) is 25.7 Å². The first-order valence-electron chi connectivity index (χ1n) is 10.6. The van der Waals surface area contributed by atoms with Crippen LogP contribution < -0.4 is 10.1 Å². The molecule has 0 spiro atoms. The van der Waals surface area contributed by atoms with E-state index in [1.807, 2.05) is 32.1 Å². The van der Waals surface area contributed by atoms with Crippen LogP contribution in [0, 0.1) is 5.92 Å². The summed E-state index contributed by atoms with van der Waals surface area (Å²) in [5.41, 5.74) is 2.04. The highest BCUT2D eigenvalue weighted by molar-refractivity contribution is 5.92. The van der Waals surface area contributed by atoms with Gasteiger partial charge in [0.2, 0.25) is 5.91 Å². The van der Waals surface area contributed by atoms with Crippen LogP contribution in [0.1, 0.15) is 33.3 Å². The number of carbonyl (C=O) groups excluding carboxylic acids is 1. The highest BCUT2D eigenvalue weighted by Crippen LogP contribution is 2.29. The standard InChI is InChI=1S/C23H34N4O2/c1-6-17(4)22(28)24-11-12-26-19(13-18-7-9-20(29-5)10-8-18)15-27-21(16(2)3)14-25-23(26)27/h6-10,16,19,21H,11-15H2,1-5H3,(H,24,28)/b17-6+/t19-,21+/m0/s1. The second kappa shape index (κ2) is 9.33. The molecule has 29 heavy (non-hydrogen) atoms. The predicted octanol–water partition coefficient (Wildman–Crippen LogP) is 2.70. The average Bonchev–Trinajstić information content (AvgIpc) is 3.27. The third-order valence-corrected chi connectivity index (χ3v) is 6.01. The van der Waals surface area contributed by atoms with E-state index in [1.54, 1.807) is 7.11 Å². The Hall–Kier alpha value is -2.50. The number of hydrogen-bond acceptors (Lipinski definition) is 5. The molecule has 1 N–H and O–H groups in total. The number of rotatable bonds is 8. The van der Waals surface area contributed by atoms with Crippen LogP contribution in [0.4, 0.5) is 0 Å². The monoisotopic (exact) mass is 398 g/mol. The average molecular weight is 399 g/mol. The Bertz CT molecular complexity index is 770. The van der Waals surface area contributed by atoms with Crippen LogP contribution in [-0.2, 0) is 11.2 Å². The lowest BCUT2D eigenvalue weighted by atomic mass is 10.0. The van der Waals surface area contributed by atoms with Crippen LogP contribution in [0.25, 0.3) is 0 Å². The van der Waals surface area contributed by atoms with Gasteiger partial charge in [-0.25, -0.2) is 0 Å². The molecule has 0 saturated carbocycles. The summed E-state index contributed by atoms with van der Waals surface area (Å²) in [5, 5.41) is 3.03. The van der Waals surface area contributed by atoms with Crippen molar-refractivity contribution in [1.82, 2.24) is 15.1 Å². The molecule has 6 heteroatoms. The summed E-state index contributed by atoms with van der Waals surface area (Å²) in [5.74, 6) is 2.54. The van der Waals surface area contributed by atoms with Gasteiger partial charge in [0.25, 0.3) is 0 Å². The van der Waals surface area contributed by atoms with Gasteiger partial charge in [-0.1, -0.05) is 32.1 Å².